The first-order chi connectivity index (χ1) is 8.38. The van der Waals surface area contributed by atoms with E-state index in [2.05, 4.69) is 47.1 Å². The molecular formula is C15H20N2. The highest BCUT2D eigenvalue weighted by atomic mass is 15.0. The fourth-order valence-corrected chi connectivity index (χ4v) is 2.44. The van der Waals surface area contributed by atoms with Crippen LogP contribution in [-0.4, -0.2) is 10.6 Å². The van der Waals surface area contributed by atoms with E-state index in [0.29, 0.717) is 0 Å². The third-order valence-corrected chi connectivity index (χ3v) is 3.49. The van der Waals surface area contributed by atoms with Crippen LogP contribution in [0.4, 0.5) is 0 Å². The third-order valence-electron chi connectivity index (χ3n) is 3.49. The van der Waals surface area contributed by atoms with Crippen molar-refractivity contribution in [1.29, 1.82) is 0 Å². The summed E-state index contributed by atoms with van der Waals surface area (Å²) in [6, 6.07) is 11.8. The molecule has 0 radical (unpaired) electrons. The Bertz CT molecular complexity index is 509. The molecule has 1 N–H and O–H groups in total. The van der Waals surface area contributed by atoms with Gasteiger partial charge in [0.15, 0.2) is 0 Å². The van der Waals surface area contributed by atoms with Crippen molar-refractivity contribution in [2.75, 3.05) is 0 Å². The highest BCUT2D eigenvalue weighted by Gasteiger charge is 2.20. The van der Waals surface area contributed by atoms with Crippen LogP contribution in [0.3, 0.4) is 0 Å². The van der Waals surface area contributed by atoms with Crippen molar-refractivity contribution in [2.45, 2.75) is 45.3 Å². The zero-order valence-electron chi connectivity index (χ0n) is 10.4. The molecule has 1 fully saturated rings. The maximum atomic E-state index is 3.61. The molecule has 0 spiro atoms. The Morgan fingerprint density at radius 1 is 1.29 bits per heavy atom. The summed E-state index contributed by atoms with van der Waals surface area (Å²) in [7, 11) is 0. The average molecular weight is 228 g/mol. The van der Waals surface area contributed by atoms with Crippen LogP contribution in [0, 0.1) is 0 Å². The minimum Gasteiger partial charge on any atom is -0.343 e. The van der Waals surface area contributed by atoms with Gasteiger partial charge in [-0.2, -0.15) is 0 Å². The Hall–Kier alpha value is -1.28. The Morgan fingerprint density at radius 2 is 2.12 bits per heavy atom. The predicted octanol–water partition coefficient (Wildman–Crippen LogP) is 3.30. The second kappa shape index (κ2) is 4.53. The van der Waals surface area contributed by atoms with Crippen LogP contribution in [0.1, 0.15) is 31.9 Å². The van der Waals surface area contributed by atoms with Crippen molar-refractivity contribution < 1.29 is 0 Å². The van der Waals surface area contributed by atoms with E-state index in [4.69, 9.17) is 0 Å². The smallest absolute Gasteiger partial charge is 0.0482 e. The number of aryl methyl sites for hydroxylation is 1. The van der Waals surface area contributed by atoms with E-state index in [9.17, 15) is 0 Å². The van der Waals surface area contributed by atoms with Crippen LogP contribution in [0.5, 0.6) is 0 Å². The average Bonchev–Trinajstić information content (AvgIpc) is 3.11. The fraction of sp³-hybridized carbons (Fsp3) is 0.467. The van der Waals surface area contributed by atoms with Crippen LogP contribution in [0.2, 0.25) is 0 Å². The largest absolute Gasteiger partial charge is 0.343 e. The van der Waals surface area contributed by atoms with E-state index in [0.717, 1.165) is 19.1 Å². The summed E-state index contributed by atoms with van der Waals surface area (Å²) in [5, 5.41) is 4.98. The zero-order chi connectivity index (χ0) is 11.7. The first-order valence-corrected chi connectivity index (χ1v) is 6.69. The predicted molar refractivity (Wildman–Crippen MR) is 72.1 cm³/mol. The van der Waals surface area contributed by atoms with Crippen LogP contribution in [0.15, 0.2) is 30.3 Å². The monoisotopic (exact) mass is 228 g/mol. The van der Waals surface area contributed by atoms with Gasteiger partial charge < -0.3 is 9.88 Å². The van der Waals surface area contributed by atoms with Gasteiger partial charge >= 0.3 is 0 Å². The maximum Gasteiger partial charge on any atom is 0.0482 e. The lowest BCUT2D eigenvalue weighted by Crippen LogP contribution is -2.18. The molecule has 17 heavy (non-hydrogen) atoms. The molecular weight excluding hydrogens is 208 g/mol. The van der Waals surface area contributed by atoms with Gasteiger partial charge in [-0.05, 0) is 36.8 Å². The van der Waals surface area contributed by atoms with Gasteiger partial charge in [0.1, 0.15) is 0 Å². The second-order valence-corrected chi connectivity index (χ2v) is 5.00. The molecule has 1 aromatic heterocycles. The molecule has 3 rings (SSSR count). The third kappa shape index (κ3) is 2.22. The normalized spacial score (nSPS) is 15.6. The van der Waals surface area contributed by atoms with Gasteiger partial charge in [0, 0.05) is 30.3 Å². The van der Waals surface area contributed by atoms with E-state index < -0.39 is 0 Å². The molecule has 90 valence electrons. The van der Waals surface area contributed by atoms with Crippen molar-refractivity contribution >= 4 is 10.9 Å². The van der Waals surface area contributed by atoms with Crippen molar-refractivity contribution in [3.8, 4) is 0 Å². The minimum absolute atomic E-state index is 0.781. The molecule has 0 amide bonds. The van der Waals surface area contributed by atoms with E-state index in [1.54, 1.807) is 0 Å². The Kier molecular flexibility index (Phi) is 2.89. The van der Waals surface area contributed by atoms with Crippen LogP contribution < -0.4 is 5.32 Å². The second-order valence-electron chi connectivity index (χ2n) is 5.00. The molecule has 2 aromatic rings. The Balaban J connectivity index is 1.92. The quantitative estimate of drug-likeness (QED) is 0.831. The van der Waals surface area contributed by atoms with Gasteiger partial charge in [0.05, 0.1) is 0 Å². The molecule has 1 aliphatic carbocycles. The van der Waals surface area contributed by atoms with Gasteiger partial charge in [-0.1, -0.05) is 25.1 Å². The van der Waals surface area contributed by atoms with Gasteiger partial charge in [-0.25, -0.2) is 0 Å². The van der Waals surface area contributed by atoms with Crippen LogP contribution in [0.25, 0.3) is 10.9 Å². The van der Waals surface area contributed by atoms with E-state index in [1.807, 2.05) is 0 Å². The summed E-state index contributed by atoms with van der Waals surface area (Å²) < 4.78 is 2.46. The molecule has 1 aromatic carbocycles. The summed E-state index contributed by atoms with van der Waals surface area (Å²) in [4.78, 5) is 0. The van der Waals surface area contributed by atoms with E-state index in [-0.39, 0.29) is 0 Å². The number of para-hydroxylation sites is 1. The summed E-state index contributed by atoms with van der Waals surface area (Å²) in [5.74, 6) is 0. The standard InChI is InChI=1S/C15H20N2/c1-2-9-17-14(11-16-13-7-8-13)10-12-5-3-4-6-15(12)17/h3-6,10,13,16H,2,7-9,11H2,1H3. The topological polar surface area (TPSA) is 17.0 Å². The highest BCUT2D eigenvalue weighted by Crippen LogP contribution is 2.23. The number of hydrogen-bond donors (Lipinski definition) is 1. The number of benzene rings is 1. The molecule has 2 nitrogen and oxygen atoms in total. The molecule has 0 aliphatic heterocycles. The van der Waals surface area contributed by atoms with Gasteiger partial charge in [-0.3, -0.25) is 0 Å². The molecule has 0 bridgehead atoms. The molecule has 1 heterocycles. The summed E-state index contributed by atoms with van der Waals surface area (Å²) in [6.45, 7) is 4.38. The minimum atomic E-state index is 0.781. The molecule has 1 saturated carbocycles. The van der Waals surface area contributed by atoms with Crippen molar-refractivity contribution in [1.82, 2.24) is 9.88 Å². The van der Waals surface area contributed by atoms with Crippen molar-refractivity contribution in [3.05, 3.63) is 36.0 Å². The van der Waals surface area contributed by atoms with Gasteiger partial charge in [0.25, 0.3) is 0 Å². The molecule has 2 heteroatoms. The maximum absolute atomic E-state index is 3.61. The highest BCUT2D eigenvalue weighted by molar-refractivity contribution is 5.81. The first-order valence-electron chi connectivity index (χ1n) is 6.69. The lowest BCUT2D eigenvalue weighted by Gasteiger charge is -2.10. The lowest BCUT2D eigenvalue weighted by atomic mass is 10.2. The summed E-state index contributed by atoms with van der Waals surface area (Å²) in [6.07, 6.45) is 3.90. The summed E-state index contributed by atoms with van der Waals surface area (Å²) in [5.41, 5.74) is 2.81. The molecule has 0 saturated heterocycles. The number of hydrogen-bond acceptors (Lipinski definition) is 1. The van der Waals surface area contributed by atoms with E-state index in [1.165, 1.54) is 35.9 Å². The van der Waals surface area contributed by atoms with Gasteiger partial charge in [-0.15, -0.1) is 0 Å². The van der Waals surface area contributed by atoms with Crippen LogP contribution >= 0.6 is 0 Å². The van der Waals surface area contributed by atoms with Crippen LogP contribution in [-0.2, 0) is 13.1 Å². The SMILES string of the molecule is CCCn1c(CNC2CC2)cc2ccccc21. The summed E-state index contributed by atoms with van der Waals surface area (Å²) >= 11 is 0. The number of nitrogens with one attached hydrogen (secondary N) is 1. The van der Waals surface area contributed by atoms with E-state index >= 15 is 0 Å². The molecule has 1 aliphatic rings. The van der Waals surface area contributed by atoms with Crippen molar-refractivity contribution in [2.24, 2.45) is 0 Å². The molecule has 0 atom stereocenters. The molecule has 0 unspecified atom stereocenters. The Labute approximate surface area is 103 Å². The fourth-order valence-electron chi connectivity index (χ4n) is 2.44. The lowest BCUT2D eigenvalue weighted by molar-refractivity contribution is 0.611. The number of nitrogens with zero attached hydrogens (tertiary/aromatic N) is 1. The Morgan fingerprint density at radius 3 is 2.88 bits per heavy atom. The first kappa shape index (κ1) is 10.8. The number of fused-ring (bicyclic) bond motifs is 1. The van der Waals surface area contributed by atoms with Crippen molar-refractivity contribution in [3.63, 3.8) is 0 Å². The number of rotatable bonds is 5. The number of aromatic nitrogens is 1. The van der Waals surface area contributed by atoms with Gasteiger partial charge in [0.2, 0.25) is 0 Å². The zero-order valence-corrected chi connectivity index (χ0v) is 10.4.